The lowest BCUT2D eigenvalue weighted by atomic mass is 9.98. The number of amides is 1. The summed E-state index contributed by atoms with van der Waals surface area (Å²) in [4.78, 5) is 25.2. The number of sulfonamides is 1. The van der Waals surface area contributed by atoms with Crippen LogP contribution < -0.4 is 14.5 Å². The van der Waals surface area contributed by atoms with Gasteiger partial charge in [0.2, 0.25) is 10.0 Å². The topological polar surface area (TPSA) is 103 Å². The van der Waals surface area contributed by atoms with Crippen LogP contribution in [0.1, 0.15) is 47.8 Å². The van der Waals surface area contributed by atoms with E-state index < -0.39 is 10.0 Å². The van der Waals surface area contributed by atoms with E-state index >= 15 is 0 Å². The fourth-order valence-corrected chi connectivity index (χ4v) is 6.98. The van der Waals surface area contributed by atoms with E-state index in [-0.39, 0.29) is 23.2 Å². The standard InChI is InChI=1S/C25H30ClN7O3S2/c1-38(35,36)29-19-7-6-17(26)13-18(19)25(34)32-10-3-2-5-21(32)20-14-23-27-22(30-8-4-9-30)15-24(33(23)28-20)31-11-12-37-16-31/h6-7,13-15,21,29H,2-5,8-12,16H2,1H3/t21-/m0/s1. The minimum Gasteiger partial charge on any atom is -0.356 e. The van der Waals surface area contributed by atoms with Crippen LogP contribution in [0.5, 0.6) is 0 Å². The summed E-state index contributed by atoms with van der Waals surface area (Å²) in [5, 5.41) is 5.37. The smallest absolute Gasteiger partial charge is 0.256 e. The number of halogens is 1. The normalized spacial score (nSPS) is 20.2. The Labute approximate surface area is 231 Å². The zero-order valence-corrected chi connectivity index (χ0v) is 23.5. The first-order valence-electron chi connectivity index (χ1n) is 12.8. The molecule has 2 aromatic heterocycles. The van der Waals surface area contributed by atoms with Crippen molar-refractivity contribution in [1.29, 1.82) is 0 Å². The summed E-state index contributed by atoms with van der Waals surface area (Å²) in [6, 6.07) is 8.50. The third-order valence-corrected chi connectivity index (χ3v) is 9.07. The summed E-state index contributed by atoms with van der Waals surface area (Å²) in [5.41, 5.74) is 2.01. The van der Waals surface area contributed by atoms with E-state index in [0.29, 0.717) is 11.6 Å². The number of carbonyl (C=O) groups is 1. The number of thioether (sulfide) groups is 1. The fraction of sp³-hybridized carbons (Fsp3) is 0.480. The van der Waals surface area contributed by atoms with Crippen LogP contribution in [0.15, 0.2) is 30.3 Å². The van der Waals surface area contributed by atoms with Crippen LogP contribution in [0.4, 0.5) is 17.3 Å². The van der Waals surface area contributed by atoms with Crippen LogP contribution >= 0.6 is 23.4 Å². The largest absolute Gasteiger partial charge is 0.356 e. The predicted octanol–water partition coefficient (Wildman–Crippen LogP) is 3.84. The van der Waals surface area contributed by atoms with Gasteiger partial charge in [-0.05, 0) is 43.9 Å². The molecule has 0 radical (unpaired) electrons. The minimum absolute atomic E-state index is 0.218. The van der Waals surface area contributed by atoms with Crippen molar-refractivity contribution in [3.63, 3.8) is 0 Å². The van der Waals surface area contributed by atoms with Crippen LogP contribution in [0, 0.1) is 0 Å². The number of rotatable bonds is 6. The molecule has 0 unspecified atom stereocenters. The van der Waals surface area contributed by atoms with Crippen molar-refractivity contribution < 1.29 is 13.2 Å². The van der Waals surface area contributed by atoms with Crippen molar-refractivity contribution in [2.75, 3.05) is 58.6 Å². The highest BCUT2D eigenvalue weighted by molar-refractivity contribution is 7.99. The summed E-state index contributed by atoms with van der Waals surface area (Å²) in [6.07, 6.45) is 4.82. The van der Waals surface area contributed by atoms with Gasteiger partial charge in [-0.25, -0.2) is 13.4 Å². The first-order chi connectivity index (χ1) is 18.3. The van der Waals surface area contributed by atoms with E-state index in [1.165, 1.54) is 18.6 Å². The summed E-state index contributed by atoms with van der Waals surface area (Å²) < 4.78 is 28.3. The molecule has 3 saturated heterocycles. The number of benzene rings is 1. The zero-order valence-electron chi connectivity index (χ0n) is 21.1. The van der Waals surface area contributed by atoms with Crippen molar-refractivity contribution in [2.24, 2.45) is 0 Å². The molecule has 3 aliphatic rings. The molecule has 0 aliphatic carbocycles. The highest BCUT2D eigenvalue weighted by atomic mass is 35.5. The zero-order chi connectivity index (χ0) is 26.4. The van der Waals surface area contributed by atoms with Crippen molar-refractivity contribution in [3.8, 4) is 0 Å². The highest BCUT2D eigenvalue weighted by Crippen LogP contribution is 2.36. The molecular formula is C25H30ClN7O3S2. The quantitative estimate of drug-likeness (QED) is 0.473. The van der Waals surface area contributed by atoms with E-state index in [2.05, 4.69) is 20.6 Å². The van der Waals surface area contributed by atoms with Crippen LogP contribution in [0.3, 0.4) is 0 Å². The number of carbonyl (C=O) groups excluding carboxylic acids is 1. The summed E-state index contributed by atoms with van der Waals surface area (Å²) >= 11 is 8.13. The lowest BCUT2D eigenvalue weighted by molar-refractivity contribution is 0.0607. The average molecular weight is 576 g/mol. The van der Waals surface area contributed by atoms with E-state index in [1.807, 2.05) is 22.3 Å². The Morgan fingerprint density at radius 1 is 1.08 bits per heavy atom. The lowest BCUT2D eigenvalue weighted by Gasteiger charge is -2.35. The molecule has 0 saturated carbocycles. The SMILES string of the molecule is CS(=O)(=O)Nc1ccc(Cl)cc1C(=O)N1CCCC[C@H]1c1cc2nc(N3CCC3)cc(N3CCSC3)n2n1. The van der Waals surface area contributed by atoms with Gasteiger partial charge >= 0.3 is 0 Å². The van der Waals surface area contributed by atoms with E-state index in [9.17, 15) is 13.2 Å². The first kappa shape index (κ1) is 25.6. The van der Waals surface area contributed by atoms with E-state index in [4.69, 9.17) is 21.7 Å². The van der Waals surface area contributed by atoms with Gasteiger partial charge in [-0.15, -0.1) is 11.8 Å². The number of hydrogen-bond donors (Lipinski definition) is 1. The van der Waals surface area contributed by atoms with Crippen LogP contribution in [-0.2, 0) is 10.0 Å². The van der Waals surface area contributed by atoms with Gasteiger partial charge in [-0.1, -0.05) is 11.6 Å². The predicted molar refractivity (Wildman–Crippen MR) is 152 cm³/mol. The molecule has 202 valence electrons. The maximum Gasteiger partial charge on any atom is 0.256 e. The second kappa shape index (κ2) is 10.1. The lowest BCUT2D eigenvalue weighted by Crippen LogP contribution is -2.39. The molecule has 10 nitrogen and oxygen atoms in total. The van der Waals surface area contributed by atoms with Gasteiger partial charge in [0.05, 0.1) is 35.1 Å². The summed E-state index contributed by atoms with van der Waals surface area (Å²) in [7, 11) is -3.58. The molecule has 3 aliphatic heterocycles. The third-order valence-electron chi connectivity index (χ3n) is 7.28. The number of hydrogen-bond acceptors (Lipinski definition) is 8. The monoisotopic (exact) mass is 575 g/mol. The van der Waals surface area contributed by atoms with Crippen molar-refractivity contribution in [1.82, 2.24) is 19.5 Å². The summed E-state index contributed by atoms with van der Waals surface area (Å²) in [5.74, 6) is 3.70. The molecule has 0 spiro atoms. The van der Waals surface area contributed by atoms with Gasteiger partial charge in [0, 0.05) is 49.1 Å². The maximum absolute atomic E-state index is 13.9. The van der Waals surface area contributed by atoms with Crippen LogP contribution in [0.25, 0.3) is 5.65 Å². The molecule has 13 heteroatoms. The Morgan fingerprint density at radius 3 is 2.63 bits per heavy atom. The van der Waals surface area contributed by atoms with Gasteiger partial charge in [-0.3, -0.25) is 9.52 Å². The number of likely N-dealkylation sites (tertiary alicyclic amines) is 1. The molecule has 1 amide bonds. The number of nitrogens with zero attached hydrogens (tertiary/aromatic N) is 6. The van der Waals surface area contributed by atoms with Crippen molar-refractivity contribution >= 4 is 62.3 Å². The fourth-order valence-electron chi connectivity index (χ4n) is 5.27. The van der Waals surface area contributed by atoms with Crippen molar-refractivity contribution in [3.05, 3.63) is 46.6 Å². The Kier molecular flexibility index (Phi) is 6.81. The molecule has 38 heavy (non-hydrogen) atoms. The minimum atomic E-state index is -3.58. The molecule has 6 rings (SSSR count). The van der Waals surface area contributed by atoms with Gasteiger partial charge < -0.3 is 14.7 Å². The Morgan fingerprint density at radius 2 is 1.92 bits per heavy atom. The van der Waals surface area contributed by atoms with E-state index in [1.54, 1.807) is 11.0 Å². The second-order valence-corrected chi connectivity index (χ2v) is 13.3. The second-order valence-electron chi connectivity index (χ2n) is 10.0. The molecule has 1 aromatic carbocycles. The molecule has 0 bridgehead atoms. The Balaban J connectivity index is 1.39. The van der Waals surface area contributed by atoms with Crippen LogP contribution in [-0.4, -0.2) is 77.9 Å². The van der Waals surface area contributed by atoms with Gasteiger partial charge in [-0.2, -0.15) is 9.61 Å². The number of aromatic nitrogens is 3. The molecule has 3 fully saturated rings. The average Bonchev–Trinajstić information content (AvgIpc) is 3.53. The Bertz CT molecular complexity index is 1490. The Hall–Kier alpha value is -2.70. The van der Waals surface area contributed by atoms with Gasteiger partial charge in [0.15, 0.2) is 5.65 Å². The summed E-state index contributed by atoms with van der Waals surface area (Å²) in [6.45, 7) is 3.51. The number of nitrogens with one attached hydrogen (secondary N) is 1. The number of anilines is 3. The van der Waals surface area contributed by atoms with Gasteiger partial charge in [0.1, 0.15) is 11.6 Å². The third kappa shape index (κ3) is 5.01. The highest BCUT2D eigenvalue weighted by Gasteiger charge is 2.33. The maximum atomic E-state index is 13.9. The molecule has 1 atom stereocenters. The molecule has 5 heterocycles. The molecule has 3 aromatic rings. The molecular weight excluding hydrogens is 546 g/mol. The number of fused-ring (bicyclic) bond motifs is 1. The first-order valence-corrected chi connectivity index (χ1v) is 16.3. The van der Waals surface area contributed by atoms with Crippen LogP contribution in [0.2, 0.25) is 5.02 Å². The van der Waals surface area contributed by atoms with Crippen molar-refractivity contribution in [2.45, 2.75) is 31.7 Å². The molecule has 1 N–H and O–H groups in total. The van der Waals surface area contributed by atoms with Gasteiger partial charge in [0.25, 0.3) is 5.91 Å². The number of piperidine rings is 1. The van der Waals surface area contributed by atoms with E-state index in [0.717, 1.165) is 79.8 Å².